The lowest BCUT2D eigenvalue weighted by atomic mass is 9.89. The van der Waals surface area contributed by atoms with E-state index in [2.05, 4.69) is 48.6 Å². The number of nitroso groups, excluding NO2 is 1. The molecule has 0 amide bonds. The Morgan fingerprint density at radius 2 is 2.06 bits per heavy atom. The van der Waals surface area contributed by atoms with Crippen LogP contribution < -0.4 is 11.1 Å². The van der Waals surface area contributed by atoms with Crippen LogP contribution in [0.25, 0.3) is 0 Å². The highest BCUT2D eigenvalue weighted by Crippen LogP contribution is 2.30. The third-order valence-electron chi connectivity index (χ3n) is 5.61. The van der Waals surface area contributed by atoms with Crippen LogP contribution in [0.1, 0.15) is 43.4 Å². The number of allylic oxidation sites excluding steroid dienone is 2. The summed E-state index contributed by atoms with van der Waals surface area (Å²) in [5, 5.41) is 14.3. The zero-order valence-electron chi connectivity index (χ0n) is 19.4. The molecule has 0 aliphatic heterocycles. The molecule has 0 radical (unpaired) electrons. The largest absolute Gasteiger partial charge is 0.398 e. The maximum absolute atomic E-state index is 11.3. The molecule has 170 valence electrons. The Labute approximate surface area is 195 Å². The number of benzene rings is 2. The Hall–Kier alpha value is -3.80. The molecule has 0 fully saturated rings. The molecule has 6 heteroatoms. The molecule has 2 unspecified atom stereocenters. The van der Waals surface area contributed by atoms with E-state index < -0.39 is 0 Å². The van der Waals surface area contributed by atoms with Gasteiger partial charge < -0.3 is 16.5 Å². The lowest BCUT2D eigenvalue weighted by molar-refractivity contribution is 0.645. The van der Waals surface area contributed by atoms with Crippen LogP contribution >= 0.6 is 0 Å². The minimum atomic E-state index is -0.192. The maximum Gasteiger partial charge on any atom is 0.104 e. The van der Waals surface area contributed by atoms with E-state index in [1.807, 2.05) is 37.3 Å². The summed E-state index contributed by atoms with van der Waals surface area (Å²) >= 11 is 0. The number of anilines is 2. The number of nitrogen functional groups attached to an aromatic ring is 1. The topological polar surface area (TPSA) is 104 Å². The number of rotatable bonds is 9. The first-order chi connectivity index (χ1) is 15.9. The number of aryl methyl sites for hydroxylation is 1. The normalized spacial score (nSPS) is 18.6. The number of hydrogen-bond donors (Lipinski definition) is 3. The molecule has 2 atom stereocenters. The number of unbranched alkanes of at least 4 members (excludes halogenated alkanes) is 1. The second-order valence-electron chi connectivity index (χ2n) is 8.20. The Morgan fingerprint density at radius 1 is 1.24 bits per heavy atom. The molecule has 3 rings (SSSR count). The van der Waals surface area contributed by atoms with Gasteiger partial charge in [0.05, 0.1) is 6.04 Å². The van der Waals surface area contributed by atoms with Crippen LogP contribution in [0.2, 0.25) is 0 Å². The molecule has 0 saturated carbocycles. The van der Waals surface area contributed by atoms with Gasteiger partial charge in [-0.1, -0.05) is 55.3 Å². The monoisotopic (exact) mass is 441 g/mol. The van der Waals surface area contributed by atoms with Gasteiger partial charge in [0.2, 0.25) is 0 Å². The van der Waals surface area contributed by atoms with Crippen LogP contribution in [0.15, 0.2) is 88.3 Å². The van der Waals surface area contributed by atoms with E-state index in [9.17, 15) is 4.91 Å². The standard InChI is InChI=1S/C27H31N5O/c1-4-5-9-26(31-22-10-12-25(29)21(15-22)17-28)24-16-23(32-33)11-13-27(24)30-19(3)20-8-6-7-18(2)14-20/h6-17,24,27-28,31H,4-5,29H2,1-3H3/b26-9-,28-17?,30-19?. The first kappa shape index (κ1) is 23.9. The summed E-state index contributed by atoms with van der Waals surface area (Å²) < 4.78 is 0. The second-order valence-corrected chi connectivity index (χ2v) is 8.20. The number of nitrogens with zero attached hydrogens (tertiary/aromatic N) is 2. The van der Waals surface area contributed by atoms with Crippen LogP contribution in [0.3, 0.4) is 0 Å². The van der Waals surface area contributed by atoms with E-state index in [0.717, 1.165) is 35.5 Å². The summed E-state index contributed by atoms with van der Waals surface area (Å²) in [6.45, 7) is 6.20. The Bertz CT molecular complexity index is 1140. The molecule has 4 N–H and O–H groups in total. The smallest absolute Gasteiger partial charge is 0.104 e. The highest BCUT2D eigenvalue weighted by molar-refractivity contribution is 5.99. The molecular weight excluding hydrogens is 410 g/mol. The summed E-state index contributed by atoms with van der Waals surface area (Å²) in [5.41, 5.74) is 12.5. The van der Waals surface area contributed by atoms with E-state index in [1.165, 1.54) is 11.8 Å². The van der Waals surface area contributed by atoms with Gasteiger partial charge >= 0.3 is 0 Å². The fourth-order valence-corrected chi connectivity index (χ4v) is 3.80. The zero-order valence-corrected chi connectivity index (χ0v) is 19.4. The number of nitrogens with one attached hydrogen (secondary N) is 2. The van der Waals surface area contributed by atoms with E-state index in [1.54, 1.807) is 12.1 Å². The Morgan fingerprint density at radius 3 is 2.76 bits per heavy atom. The number of aliphatic imine (C=N–C) groups is 1. The second kappa shape index (κ2) is 11.2. The first-order valence-electron chi connectivity index (χ1n) is 11.2. The minimum Gasteiger partial charge on any atom is -0.398 e. The molecular formula is C27H31N5O. The van der Waals surface area contributed by atoms with Gasteiger partial charge in [-0.15, -0.1) is 4.91 Å². The fourth-order valence-electron chi connectivity index (χ4n) is 3.80. The third kappa shape index (κ3) is 6.13. The van der Waals surface area contributed by atoms with Gasteiger partial charge in [0.1, 0.15) is 5.70 Å². The molecule has 1 aliphatic carbocycles. The van der Waals surface area contributed by atoms with E-state index in [-0.39, 0.29) is 12.0 Å². The van der Waals surface area contributed by atoms with Gasteiger partial charge in [0.25, 0.3) is 0 Å². The van der Waals surface area contributed by atoms with Gasteiger partial charge in [-0.2, -0.15) is 0 Å². The Kier molecular flexibility index (Phi) is 8.08. The van der Waals surface area contributed by atoms with E-state index in [4.69, 9.17) is 16.1 Å². The van der Waals surface area contributed by atoms with Crippen molar-refractivity contribution in [3.05, 3.63) is 99.8 Å². The quantitative estimate of drug-likeness (QED) is 0.239. The molecule has 6 nitrogen and oxygen atoms in total. The van der Waals surface area contributed by atoms with Gasteiger partial charge in [0.15, 0.2) is 0 Å². The van der Waals surface area contributed by atoms with Gasteiger partial charge in [-0.25, -0.2) is 0 Å². The van der Waals surface area contributed by atoms with Crippen LogP contribution in [0.5, 0.6) is 0 Å². The average molecular weight is 442 g/mol. The van der Waals surface area contributed by atoms with Crippen molar-refractivity contribution >= 4 is 23.3 Å². The molecule has 2 aromatic rings. The highest BCUT2D eigenvalue weighted by atomic mass is 16.3. The van der Waals surface area contributed by atoms with Gasteiger partial charge in [0, 0.05) is 40.5 Å². The molecule has 0 aromatic heterocycles. The number of hydrogen-bond acceptors (Lipinski definition) is 6. The van der Waals surface area contributed by atoms with Crippen LogP contribution in [-0.2, 0) is 0 Å². The van der Waals surface area contributed by atoms with Crippen molar-refractivity contribution in [1.29, 1.82) is 5.41 Å². The predicted molar refractivity (Wildman–Crippen MR) is 139 cm³/mol. The van der Waals surface area contributed by atoms with Crippen molar-refractivity contribution in [1.82, 2.24) is 0 Å². The predicted octanol–water partition coefficient (Wildman–Crippen LogP) is 6.38. The maximum atomic E-state index is 11.3. The Balaban J connectivity index is 1.99. The summed E-state index contributed by atoms with van der Waals surface area (Å²) in [4.78, 5) is 16.3. The molecule has 0 bridgehead atoms. The van der Waals surface area contributed by atoms with Gasteiger partial charge in [-0.3, -0.25) is 4.99 Å². The molecule has 2 aromatic carbocycles. The summed E-state index contributed by atoms with van der Waals surface area (Å²) in [5.74, 6) is -0.185. The van der Waals surface area contributed by atoms with Crippen molar-refractivity contribution in [3.8, 4) is 0 Å². The van der Waals surface area contributed by atoms with Crippen molar-refractivity contribution in [2.24, 2.45) is 16.1 Å². The summed E-state index contributed by atoms with van der Waals surface area (Å²) in [7, 11) is 0. The molecule has 1 aliphatic rings. The van der Waals surface area contributed by atoms with Crippen molar-refractivity contribution in [2.75, 3.05) is 11.1 Å². The minimum absolute atomic E-state index is 0.185. The number of nitrogens with two attached hydrogens (primary N) is 1. The zero-order chi connectivity index (χ0) is 23.8. The molecule has 33 heavy (non-hydrogen) atoms. The van der Waals surface area contributed by atoms with Crippen LogP contribution in [-0.4, -0.2) is 18.0 Å². The highest BCUT2D eigenvalue weighted by Gasteiger charge is 2.25. The fraction of sp³-hybridized carbons (Fsp3) is 0.259. The summed E-state index contributed by atoms with van der Waals surface area (Å²) in [6.07, 6.45) is 10.8. The first-order valence-corrected chi connectivity index (χ1v) is 11.2. The lowest BCUT2D eigenvalue weighted by Gasteiger charge is -2.27. The molecule has 0 spiro atoms. The van der Waals surface area contributed by atoms with E-state index in [0.29, 0.717) is 16.9 Å². The van der Waals surface area contributed by atoms with Crippen LogP contribution in [0, 0.1) is 23.2 Å². The molecule has 0 saturated heterocycles. The third-order valence-corrected chi connectivity index (χ3v) is 5.61. The summed E-state index contributed by atoms with van der Waals surface area (Å²) in [6, 6.07) is 13.6. The van der Waals surface area contributed by atoms with Crippen molar-refractivity contribution < 1.29 is 0 Å². The van der Waals surface area contributed by atoms with E-state index >= 15 is 0 Å². The van der Waals surface area contributed by atoms with Crippen molar-refractivity contribution in [2.45, 2.75) is 39.7 Å². The molecule has 0 heterocycles. The van der Waals surface area contributed by atoms with Crippen LogP contribution in [0.4, 0.5) is 11.4 Å². The van der Waals surface area contributed by atoms with Gasteiger partial charge in [-0.05, 0) is 61.4 Å². The average Bonchev–Trinajstić information content (AvgIpc) is 2.83. The SMILES string of the molecule is CCC/C=C(\Nc1ccc(N)c(C=N)c1)C1C=C(N=O)C=CC1N=C(C)c1cccc(C)c1. The lowest BCUT2D eigenvalue weighted by Crippen LogP contribution is -2.25. The van der Waals surface area contributed by atoms with Crippen molar-refractivity contribution in [3.63, 3.8) is 0 Å².